The molecule has 4 nitrogen and oxygen atoms in total. The number of nitrogens with zero attached hydrogens (tertiary/aromatic N) is 1. The van der Waals surface area contributed by atoms with E-state index in [1.165, 1.54) is 6.42 Å². The summed E-state index contributed by atoms with van der Waals surface area (Å²) >= 11 is 0. The summed E-state index contributed by atoms with van der Waals surface area (Å²) in [5.74, 6) is 0.437. The van der Waals surface area contributed by atoms with E-state index in [0.717, 1.165) is 38.6 Å². The summed E-state index contributed by atoms with van der Waals surface area (Å²) in [6.07, 6.45) is 8.20. The summed E-state index contributed by atoms with van der Waals surface area (Å²) in [7, 11) is 0. The fraction of sp³-hybridized carbons (Fsp3) is 0.800. The first-order valence-corrected chi connectivity index (χ1v) is 7.52. The molecule has 1 heterocycles. The van der Waals surface area contributed by atoms with E-state index in [2.05, 4.69) is 16.8 Å². The molecule has 1 aliphatic carbocycles. The molecule has 1 saturated heterocycles. The highest BCUT2D eigenvalue weighted by atomic mass is 16.3. The summed E-state index contributed by atoms with van der Waals surface area (Å²) in [4.78, 5) is 14.1. The second-order valence-electron chi connectivity index (χ2n) is 5.79. The summed E-state index contributed by atoms with van der Waals surface area (Å²) in [5.41, 5.74) is 0. The van der Waals surface area contributed by atoms with Crippen LogP contribution < -0.4 is 5.32 Å². The fourth-order valence-electron chi connectivity index (χ4n) is 3.54. The van der Waals surface area contributed by atoms with Crippen LogP contribution in [0.4, 0.5) is 0 Å². The van der Waals surface area contributed by atoms with Gasteiger partial charge in [-0.2, -0.15) is 0 Å². The molecule has 2 N–H and O–H groups in total. The van der Waals surface area contributed by atoms with Crippen molar-refractivity contribution in [1.82, 2.24) is 10.2 Å². The van der Waals surface area contributed by atoms with E-state index in [0.29, 0.717) is 25.0 Å². The number of amides is 1. The maximum atomic E-state index is 11.8. The average molecular weight is 266 g/mol. The molecule has 1 saturated carbocycles. The van der Waals surface area contributed by atoms with E-state index < -0.39 is 0 Å². The second-order valence-corrected chi connectivity index (χ2v) is 5.79. The van der Waals surface area contributed by atoms with Crippen molar-refractivity contribution in [2.75, 3.05) is 19.6 Å². The van der Waals surface area contributed by atoms with Gasteiger partial charge in [-0.3, -0.25) is 9.69 Å². The molecule has 3 atom stereocenters. The van der Waals surface area contributed by atoms with Gasteiger partial charge in [0.25, 0.3) is 0 Å². The SMILES string of the molecule is C=CCNC(=O)CN1CCCCC1C1CCCC1O. The molecule has 0 radical (unpaired) electrons. The molecular formula is C15H26N2O2. The highest BCUT2D eigenvalue weighted by molar-refractivity contribution is 5.78. The number of hydrogen-bond donors (Lipinski definition) is 2. The van der Waals surface area contributed by atoms with Crippen molar-refractivity contribution in [3.05, 3.63) is 12.7 Å². The first kappa shape index (κ1) is 14.5. The lowest BCUT2D eigenvalue weighted by molar-refractivity contribution is -0.123. The van der Waals surface area contributed by atoms with Crippen molar-refractivity contribution < 1.29 is 9.90 Å². The van der Waals surface area contributed by atoms with Gasteiger partial charge < -0.3 is 10.4 Å². The van der Waals surface area contributed by atoms with E-state index in [1.807, 2.05) is 0 Å². The Morgan fingerprint density at radius 3 is 2.84 bits per heavy atom. The van der Waals surface area contributed by atoms with Gasteiger partial charge in [-0.25, -0.2) is 0 Å². The van der Waals surface area contributed by atoms with Gasteiger partial charge in [0.05, 0.1) is 12.6 Å². The van der Waals surface area contributed by atoms with Crippen LogP contribution in [0.2, 0.25) is 0 Å². The van der Waals surface area contributed by atoms with E-state index in [1.54, 1.807) is 6.08 Å². The molecule has 0 aromatic heterocycles. The third kappa shape index (κ3) is 3.80. The van der Waals surface area contributed by atoms with Crippen molar-refractivity contribution >= 4 is 5.91 Å². The van der Waals surface area contributed by atoms with Gasteiger partial charge in [-0.05, 0) is 32.2 Å². The Balaban J connectivity index is 1.91. The van der Waals surface area contributed by atoms with Crippen molar-refractivity contribution in [3.8, 4) is 0 Å². The lowest BCUT2D eigenvalue weighted by Gasteiger charge is -2.39. The Morgan fingerprint density at radius 1 is 1.32 bits per heavy atom. The summed E-state index contributed by atoms with van der Waals surface area (Å²) in [5, 5.41) is 12.9. The van der Waals surface area contributed by atoms with E-state index in [4.69, 9.17) is 0 Å². The summed E-state index contributed by atoms with van der Waals surface area (Å²) in [6.45, 7) is 5.58. The Morgan fingerprint density at radius 2 is 2.16 bits per heavy atom. The predicted molar refractivity (Wildman–Crippen MR) is 75.8 cm³/mol. The number of piperidine rings is 1. The molecule has 0 aromatic carbocycles. The minimum absolute atomic E-state index is 0.0688. The smallest absolute Gasteiger partial charge is 0.234 e. The molecule has 2 rings (SSSR count). The van der Waals surface area contributed by atoms with Crippen LogP contribution in [0.1, 0.15) is 38.5 Å². The number of carbonyl (C=O) groups is 1. The standard InChI is InChI=1S/C15H26N2O2/c1-2-9-16-15(19)11-17-10-4-3-7-13(17)12-6-5-8-14(12)18/h2,12-14,18H,1,3-11H2,(H,16,19). The molecule has 2 fully saturated rings. The van der Waals surface area contributed by atoms with Gasteiger partial charge in [0.2, 0.25) is 5.91 Å². The second kappa shape index (κ2) is 7.06. The lowest BCUT2D eigenvalue weighted by Crippen LogP contribution is -2.50. The number of aliphatic hydroxyl groups excluding tert-OH is 1. The minimum atomic E-state index is -0.165. The van der Waals surface area contributed by atoms with Gasteiger partial charge >= 0.3 is 0 Å². The van der Waals surface area contributed by atoms with Gasteiger partial charge in [-0.15, -0.1) is 6.58 Å². The zero-order valence-electron chi connectivity index (χ0n) is 11.7. The Bertz CT molecular complexity index is 319. The van der Waals surface area contributed by atoms with Crippen LogP contribution in [0.25, 0.3) is 0 Å². The molecule has 0 bridgehead atoms. The van der Waals surface area contributed by atoms with Crippen LogP contribution in [0.3, 0.4) is 0 Å². The van der Waals surface area contributed by atoms with Crippen molar-refractivity contribution in [1.29, 1.82) is 0 Å². The van der Waals surface area contributed by atoms with Crippen LogP contribution in [0, 0.1) is 5.92 Å². The van der Waals surface area contributed by atoms with E-state index >= 15 is 0 Å². The number of hydrogen-bond acceptors (Lipinski definition) is 3. The topological polar surface area (TPSA) is 52.6 Å². The molecular weight excluding hydrogens is 240 g/mol. The molecule has 0 aromatic rings. The van der Waals surface area contributed by atoms with Crippen LogP contribution >= 0.6 is 0 Å². The largest absolute Gasteiger partial charge is 0.393 e. The third-order valence-corrected chi connectivity index (χ3v) is 4.48. The highest BCUT2D eigenvalue weighted by Gasteiger charge is 2.37. The van der Waals surface area contributed by atoms with Crippen LogP contribution in [-0.2, 0) is 4.79 Å². The van der Waals surface area contributed by atoms with Crippen molar-refractivity contribution in [2.45, 2.75) is 50.7 Å². The quantitative estimate of drug-likeness (QED) is 0.738. The van der Waals surface area contributed by atoms with Crippen LogP contribution in [-0.4, -0.2) is 47.7 Å². The van der Waals surface area contributed by atoms with Gasteiger partial charge in [0.15, 0.2) is 0 Å². The molecule has 4 heteroatoms. The number of rotatable bonds is 5. The number of carbonyl (C=O) groups excluding carboxylic acids is 1. The molecule has 1 aliphatic heterocycles. The summed E-state index contributed by atoms with van der Waals surface area (Å²) < 4.78 is 0. The maximum absolute atomic E-state index is 11.8. The minimum Gasteiger partial charge on any atom is -0.393 e. The zero-order chi connectivity index (χ0) is 13.7. The Labute approximate surface area is 115 Å². The van der Waals surface area contributed by atoms with Crippen LogP contribution in [0.15, 0.2) is 12.7 Å². The zero-order valence-corrected chi connectivity index (χ0v) is 11.7. The maximum Gasteiger partial charge on any atom is 0.234 e. The van der Waals surface area contributed by atoms with Crippen molar-refractivity contribution in [3.63, 3.8) is 0 Å². The summed E-state index contributed by atoms with van der Waals surface area (Å²) in [6, 6.07) is 0.390. The first-order valence-electron chi connectivity index (χ1n) is 7.52. The van der Waals surface area contributed by atoms with E-state index in [9.17, 15) is 9.90 Å². The lowest BCUT2D eigenvalue weighted by atomic mass is 9.88. The third-order valence-electron chi connectivity index (χ3n) is 4.48. The number of aliphatic hydroxyl groups is 1. The Hall–Kier alpha value is -0.870. The molecule has 3 unspecified atom stereocenters. The fourth-order valence-corrected chi connectivity index (χ4v) is 3.54. The molecule has 2 aliphatic rings. The van der Waals surface area contributed by atoms with Gasteiger partial charge in [0, 0.05) is 18.5 Å². The highest BCUT2D eigenvalue weighted by Crippen LogP contribution is 2.34. The first-order chi connectivity index (χ1) is 9.22. The monoisotopic (exact) mass is 266 g/mol. The van der Waals surface area contributed by atoms with Gasteiger partial charge in [0.1, 0.15) is 0 Å². The van der Waals surface area contributed by atoms with E-state index in [-0.39, 0.29) is 12.0 Å². The normalized spacial score (nSPS) is 32.2. The molecule has 1 amide bonds. The average Bonchev–Trinajstić information content (AvgIpc) is 2.83. The number of nitrogens with one attached hydrogen (secondary N) is 1. The molecule has 19 heavy (non-hydrogen) atoms. The number of likely N-dealkylation sites (tertiary alicyclic amines) is 1. The van der Waals surface area contributed by atoms with Gasteiger partial charge in [-0.1, -0.05) is 18.9 Å². The Kier molecular flexibility index (Phi) is 5.40. The molecule has 0 spiro atoms. The molecule has 108 valence electrons. The predicted octanol–water partition coefficient (Wildman–Crippen LogP) is 1.30. The van der Waals surface area contributed by atoms with Crippen molar-refractivity contribution in [2.24, 2.45) is 5.92 Å². The van der Waals surface area contributed by atoms with Crippen LogP contribution in [0.5, 0.6) is 0 Å².